The number of rotatable bonds is 6. The van der Waals surface area contributed by atoms with Crippen LogP contribution in [-0.4, -0.2) is 129 Å². The summed E-state index contributed by atoms with van der Waals surface area (Å²) in [5.74, 6) is 0. The molecule has 0 radical (unpaired) electrons. The van der Waals surface area contributed by atoms with E-state index in [4.69, 9.17) is 41.9 Å². The van der Waals surface area contributed by atoms with Crippen molar-refractivity contribution in [3.63, 3.8) is 0 Å². The van der Waals surface area contributed by atoms with Gasteiger partial charge in [-0.2, -0.15) is 0 Å². The van der Waals surface area contributed by atoms with Crippen molar-refractivity contribution in [2.24, 2.45) is 22.9 Å². The van der Waals surface area contributed by atoms with E-state index in [0.717, 1.165) is 0 Å². The summed E-state index contributed by atoms with van der Waals surface area (Å²) in [5, 5.41) is 60.2. The molecule has 1 saturated carbocycles. The van der Waals surface area contributed by atoms with Gasteiger partial charge in [-0.1, -0.05) is 0 Å². The summed E-state index contributed by atoms with van der Waals surface area (Å²) in [5.41, 5.74) is 23.6. The number of ether oxygens (including phenoxy) is 4. The molecule has 14 heteroatoms. The molecule has 0 unspecified atom stereocenters. The normalized spacial score (nSPS) is 53.6. The van der Waals surface area contributed by atoms with E-state index in [1.807, 2.05) is 0 Å². The number of aliphatic hydroxyl groups is 6. The molecule has 0 aromatic carbocycles. The molecule has 2 saturated heterocycles. The van der Waals surface area contributed by atoms with Crippen molar-refractivity contribution in [3.8, 4) is 0 Å². The molecule has 14 N–H and O–H groups in total. The van der Waals surface area contributed by atoms with Gasteiger partial charge in [0.15, 0.2) is 12.6 Å². The molecule has 0 amide bonds. The van der Waals surface area contributed by atoms with Crippen LogP contribution in [0.2, 0.25) is 0 Å². The first-order chi connectivity index (χ1) is 14.6. The van der Waals surface area contributed by atoms with Gasteiger partial charge in [0.1, 0.15) is 48.8 Å². The van der Waals surface area contributed by atoms with E-state index in [1.54, 1.807) is 0 Å². The van der Waals surface area contributed by atoms with Crippen molar-refractivity contribution < 1.29 is 49.6 Å². The molecule has 31 heavy (non-hydrogen) atoms. The number of nitrogens with two attached hydrogens (primary N) is 4. The summed E-state index contributed by atoms with van der Waals surface area (Å²) in [4.78, 5) is 0. The first-order valence-corrected chi connectivity index (χ1v) is 10.2. The molecule has 14 nitrogen and oxygen atoms in total. The fraction of sp³-hybridized carbons (Fsp3) is 1.00. The van der Waals surface area contributed by atoms with E-state index in [2.05, 4.69) is 0 Å². The maximum Gasteiger partial charge on any atom is 0.187 e. The van der Waals surface area contributed by atoms with Gasteiger partial charge in [0, 0.05) is 18.6 Å². The van der Waals surface area contributed by atoms with Crippen LogP contribution in [0.4, 0.5) is 0 Å². The minimum Gasteiger partial charge on any atom is -0.394 e. The third kappa shape index (κ3) is 4.87. The Balaban J connectivity index is 1.78. The van der Waals surface area contributed by atoms with Crippen molar-refractivity contribution >= 4 is 0 Å². The van der Waals surface area contributed by atoms with Gasteiger partial charge in [-0.15, -0.1) is 0 Å². The minimum absolute atomic E-state index is 0.114. The number of hydrogen-bond donors (Lipinski definition) is 10. The van der Waals surface area contributed by atoms with Crippen LogP contribution in [0.3, 0.4) is 0 Å². The van der Waals surface area contributed by atoms with Crippen LogP contribution in [0.1, 0.15) is 6.42 Å². The molecule has 182 valence electrons. The van der Waals surface area contributed by atoms with Crippen molar-refractivity contribution in [3.05, 3.63) is 0 Å². The molecule has 0 spiro atoms. The molecule has 0 bridgehead atoms. The average Bonchev–Trinajstić information content (AvgIpc) is 3.02. The second-order valence-corrected chi connectivity index (χ2v) is 8.30. The Morgan fingerprint density at radius 1 is 0.710 bits per heavy atom. The highest BCUT2D eigenvalue weighted by atomic mass is 16.7. The van der Waals surface area contributed by atoms with Gasteiger partial charge in [0.05, 0.1) is 18.8 Å². The van der Waals surface area contributed by atoms with Crippen LogP contribution in [0.15, 0.2) is 0 Å². The van der Waals surface area contributed by atoms with Crippen molar-refractivity contribution in [1.29, 1.82) is 0 Å². The van der Waals surface area contributed by atoms with Crippen molar-refractivity contribution in [1.82, 2.24) is 0 Å². The lowest BCUT2D eigenvalue weighted by Gasteiger charge is -2.47. The highest BCUT2D eigenvalue weighted by molar-refractivity contribution is 5.01. The first-order valence-electron chi connectivity index (χ1n) is 10.2. The summed E-state index contributed by atoms with van der Waals surface area (Å²) in [6.45, 7) is -0.673. The fourth-order valence-corrected chi connectivity index (χ4v) is 4.16. The van der Waals surface area contributed by atoms with E-state index in [9.17, 15) is 30.6 Å². The molecule has 2 heterocycles. The van der Waals surface area contributed by atoms with Crippen LogP contribution < -0.4 is 22.9 Å². The summed E-state index contributed by atoms with van der Waals surface area (Å²) < 4.78 is 22.5. The number of aliphatic hydroxyl groups excluding tert-OH is 6. The Morgan fingerprint density at radius 3 is 1.87 bits per heavy atom. The van der Waals surface area contributed by atoms with E-state index < -0.39 is 92.2 Å². The van der Waals surface area contributed by atoms with Gasteiger partial charge in [0.2, 0.25) is 0 Å². The lowest BCUT2D eigenvalue weighted by Crippen LogP contribution is -2.68. The SMILES string of the molecule is NC[C@@H]1O[C@H](O[C@H]2[C@H](O[C@@H]3O[C@H](CO)[C@@H](O)[C@H]3O)[C@H](O)[C@H](N)C[C@H]2N)[C@@H](N)[C@@H](O)[C@@H]1O. The molecule has 14 atom stereocenters. The van der Waals surface area contributed by atoms with Gasteiger partial charge in [-0.3, -0.25) is 0 Å². The molecule has 3 rings (SSSR count). The Kier molecular flexibility index (Phi) is 8.21. The maximum atomic E-state index is 10.6. The number of hydrogen-bond acceptors (Lipinski definition) is 14. The highest BCUT2D eigenvalue weighted by Crippen LogP contribution is 2.31. The molecule has 1 aliphatic carbocycles. The third-order valence-electron chi connectivity index (χ3n) is 6.13. The summed E-state index contributed by atoms with van der Waals surface area (Å²) in [7, 11) is 0. The predicted octanol–water partition coefficient (Wildman–Crippen LogP) is -6.65. The summed E-state index contributed by atoms with van der Waals surface area (Å²) in [6.07, 6.45) is -13.8. The van der Waals surface area contributed by atoms with Gasteiger partial charge in [0.25, 0.3) is 0 Å². The second kappa shape index (κ2) is 10.1. The highest BCUT2D eigenvalue weighted by Gasteiger charge is 2.52. The molecule has 3 aliphatic rings. The maximum absolute atomic E-state index is 10.6. The lowest BCUT2D eigenvalue weighted by atomic mass is 9.84. The second-order valence-electron chi connectivity index (χ2n) is 8.30. The molecular formula is C17H34N4O10. The average molecular weight is 454 g/mol. The van der Waals surface area contributed by atoms with E-state index in [-0.39, 0.29) is 13.0 Å². The van der Waals surface area contributed by atoms with E-state index >= 15 is 0 Å². The smallest absolute Gasteiger partial charge is 0.187 e. The zero-order valence-electron chi connectivity index (χ0n) is 16.8. The Labute approximate surface area is 178 Å². The van der Waals surface area contributed by atoms with E-state index in [1.165, 1.54) is 0 Å². The molecular weight excluding hydrogens is 420 g/mol. The molecule has 2 aliphatic heterocycles. The van der Waals surface area contributed by atoms with Crippen LogP contribution in [0.25, 0.3) is 0 Å². The van der Waals surface area contributed by atoms with Crippen molar-refractivity contribution in [2.45, 2.75) is 92.1 Å². The van der Waals surface area contributed by atoms with Gasteiger partial charge < -0.3 is 72.5 Å². The summed E-state index contributed by atoms with van der Waals surface area (Å²) >= 11 is 0. The zero-order chi connectivity index (χ0) is 23.0. The molecule has 0 aromatic heterocycles. The Morgan fingerprint density at radius 2 is 1.29 bits per heavy atom. The zero-order valence-corrected chi connectivity index (χ0v) is 16.8. The van der Waals surface area contributed by atoms with Gasteiger partial charge >= 0.3 is 0 Å². The van der Waals surface area contributed by atoms with Crippen LogP contribution in [0.5, 0.6) is 0 Å². The van der Waals surface area contributed by atoms with Crippen LogP contribution >= 0.6 is 0 Å². The van der Waals surface area contributed by atoms with Gasteiger partial charge in [-0.05, 0) is 6.42 Å². The minimum atomic E-state index is -1.51. The topological polar surface area (TPSA) is 262 Å². The van der Waals surface area contributed by atoms with Crippen molar-refractivity contribution in [2.75, 3.05) is 13.2 Å². The fourth-order valence-electron chi connectivity index (χ4n) is 4.16. The van der Waals surface area contributed by atoms with Gasteiger partial charge in [-0.25, -0.2) is 0 Å². The lowest BCUT2D eigenvalue weighted by molar-refractivity contribution is -0.306. The quantitative estimate of drug-likeness (QED) is 0.179. The Hall–Kier alpha value is -0.560. The first kappa shape index (κ1) is 25.1. The largest absolute Gasteiger partial charge is 0.394 e. The monoisotopic (exact) mass is 454 g/mol. The molecule has 3 fully saturated rings. The third-order valence-corrected chi connectivity index (χ3v) is 6.13. The van der Waals surface area contributed by atoms with Crippen LogP contribution in [0, 0.1) is 0 Å². The van der Waals surface area contributed by atoms with Crippen LogP contribution in [-0.2, 0) is 18.9 Å². The standard InChI is InChI=1S/C17H34N4O10/c18-2-6-10(24)12(26)8(21)16(28-6)30-14-5(20)1-4(19)9(23)15(14)31-17-13(27)11(25)7(3-22)29-17/h4-17,22-27H,1-3,18-21H2/t4-,5-,6+,7-,8+,9-,10-,11-,12-,13-,14-,15-,16-,17+/m1/s1. The van der Waals surface area contributed by atoms with E-state index in [0.29, 0.717) is 0 Å². The summed E-state index contributed by atoms with van der Waals surface area (Å²) in [6, 6.07) is -2.72. The molecule has 0 aromatic rings. The predicted molar refractivity (Wildman–Crippen MR) is 102 cm³/mol. The Bertz CT molecular complexity index is 591.